The van der Waals surface area contributed by atoms with Crippen LogP contribution in [0.1, 0.15) is 17.4 Å². The predicted octanol–water partition coefficient (Wildman–Crippen LogP) is 2.83. The number of nitrogens with one attached hydrogen (secondary N) is 1. The second kappa shape index (κ2) is 9.47. The van der Waals surface area contributed by atoms with Crippen molar-refractivity contribution in [1.82, 2.24) is 10.2 Å². The van der Waals surface area contributed by atoms with Crippen LogP contribution in [0.25, 0.3) is 6.08 Å². The van der Waals surface area contributed by atoms with E-state index in [-0.39, 0.29) is 24.0 Å². The summed E-state index contributed by atoms with van der Waals surface area (Å²) in [5.41, 5.74) is 0.660. The van der Waals surface area contributed by atoms with Gasteiger partial charge in [0.25, 0.3) is 5.69 Å². The molecule has 0 aliphatic heterocycles. The highest BCUT2D eigenvalue weighted by Crippen LogP contribution is 2.13. The van der Waals surface area contributed by atoms with E-state index in [9.17, 15) is 19.7 Å². The molecule has 1 aromatic carbocycles. The molecule has 0 aliphatic carbocycles. The number of nitrogens with zero attached hydrogens (tertiary/aromatic N) is 2. The van der Waals surface area contributed by atoms with Gasteiger partial charge in [-0.15, -0.1) is 11.3 Å². The van der Waals surface area contributed by atoms with Crippen molar-refractivity contribution in [3.05, 3.63) is 68.4 Å². The molecule has 0 fully saturated rings. The summed E-state index contributed by atoms with van der Waals surface area (Å²) in [4.78, 5) is 36.9. The van der Waals surface area contributed by atoms with E-state index in [4.69, 9.17) is 0 Å². The molecule has 0 atom stereocenters. The van der Waals surface area contributed by atoms with Gasteiger partial charge in [0.1, 0.15) is 0 Å². The molecule has 1 heterocycles. The van der Waals surface area contributed by atoms with Crippen molar-refractivity contribution in [3.63, 3.8) is 0 Å². The fourth-order valence-corrected chi connectivity index (χ4v) is 2.80. The van der Waals surface area contributed by atoms with Gasteiger partial charge in [-0.1, -0.05) is 6.07 Å². The smallest absolute Gasteiger partial charge is 0.269 e. The number of amides is 2. The van der Waals surface area contributed by atoms with E-state index in [1.54, 1.807) is 36.5 Å². The van der Waals surface area contributed by atoms with E-state index in [0.29, 0.717) is 18.7 Å². The molecular weight excluding hydrogens is 354 g/mol. The lowest BCUT2D eigenvalue weighted by atomic mass is 10.2. The molecule has 136 valence electrons. The van der Waals surface area contributed by atoms with Gasteiger partial charge in [-0.25, -0.2) is 0 Å². The minimum Gasteiger partial charge on any atom is -0.350 e. The van der Waals surface area contributed by atoms with Gasteiger partial charge in [-0.05, 0) is 42.1 Å². The van der Waals surface area contributed by atoms with E-state index in [1.807, 2.05) is 17.5 Å². The maximum Gasteiger partial charge on any atom is 0.269 e. The number of carbonyl (C=O) groups excluding carboxylic acids is 2. The van der Waals surface area contributed by atoms with Crippen molar-refractivity contribution in [2.24, 2.45) is 0 Å². The third-order valence-corrected chi connectivity index (χ3v) is 4.47. The van der Waals surface area contributed by atoms with Gasteiger partial charge < -0.3 is 10.2 Å². The predicted molar refractivity (Wildman–Crippen MR) is 101 cm³/mol. The summed E-state index contributed by atoms with van der Waals surface area (Å²) in [5, 5.41) is 15.3. The summed E-state index contributed by atoms with van der Waals surface area (Å²) in [6.07, 6.45) is 2.93. The van der Waals surface area contributed by atoms with Gasteiger partial charge >= 0.3 is 0 Å². The van der Waals surface area contributed by atoms with E-state index in [2.05, 4.69) is 5.32 Å². The molecular formula is C18H19N3O4S. The van der Waals surface area contributed by atoms with Crippen LogP contribution in [0, 0.1) is 10.1 Å². The van der Waals surface area contributed by atoms with E-state index in [1.165, 1.54) is 23.1 Å². The third kappa shape index (κ3) is 5.82. The molecule has 0 saturated carbocycles. The molecule has 1 N–H and O–H groups in total. The molecule has 2 aromatic rings. The molecule has 7 nitrogen and oxygen atoms in total. The summed E-state index contributed by atoms with van der Waals surface area (Å²) < 4.78 is 0. The van der Waals surface area contributed by atoms with Crippen LogP contribution in [0.15, 0.2) is 47.9 Å². The van der Waals surface area contributed by atoms with Gasteiger partial charge in [0.05, 0.1) is 18.0 Å². The van der Waals surface area contributed by atoms with Crippen LogP contribution in [0.4, 0.5) is 5.69 Å². The minimum absolute atomic E-state index is 0.00827. The van der Waals surface area contributed by atoms with E-state index >= 15 is 0 Å². The summed E-state index contributed by atoms with van der Waals surface area (Å²) >= 11 is 1.56. The zero-order valence-electron chi connectivity index (χ0n) is 14.3. The monoisotopic (exact) mass is 373 g/mol. The molecule has 0 saturated heterocycles. The largest absolute Gasteiger partial charge is 0.350 e. The van der Waals surface area contributed by atoms with Crippen LogP contribution in [-0.4, -0.2) is 34.7 Å². The Balaban J connectivity index is 1.88. The third-order valence-electron chi connectivity index (χ3n) is 3.59. The molecule has 2 amide bonds. The number of likely N-dealkylation sites (N-methyl/N-ethyl adjacent to an activating group) is 1. The highest BCUT2D eigenvalue weighted by Gasteiger charge is 2.13. The first-order chi connectivity index (χ1) is 12.5. The average Bonchev–Trinajstić information content (AvgIpc) is 3.16. The molecule has 0 unspecified atom stereocenters. The lowest BCUT2D eigenvalue weighted by Crippen LogP contribution is -2.39. The molecule has 2 rings (SSSR count). The van der Waals surface area contributed by atoms with Crippen LogP contribution in [-0.2, 0) is 16.1 Å². The fourth-order valence-electron chi connectivity index (χ4n) is 2.15. The van der Waals surface area contributed by atoms with E-state index < -0.39 is 4.92 Å². The van der Waals surface area contributed by atoms with Gasteiger partial charge in [-0.2, -0.15) is 0 Å². The Hall–Kier alpha value is -3.00. The number of nitro benzene ring substituents is 1. The topological polar surface area (TPSA) is 92.6 Å². The standard InChI is InChI=1S/C18H19N3O4S/c1-2-20(13-17(22)19-12-16-4-3-11-26-16)18(23)10-7-14-5-8-15(9-6-14)21(24)25/h3-11H,2,12-13H2,1H3,(H,19,22). The highest BCUT2D eigenvalue weighted by molar-refractivity contribution is 7.09. The van der Waals surface area contributed by atoms with Gasteiger partial charge in [0.15, 0.2) is 0 Å². The first-order valence-electron chi connectivity index (χ1n) is 8.00. The maximum absolute atomic E-state index is 12.2. The van der Waals surface area contributed by atoms with E-state index in [0.717, 1.165) is 4.88 Å². The van der Waals surface area contributed by atoms with Crippen molar-refractivity contribution in [2.75, 3.05) is 13.1 Å². The van der Waals surface area contributed by atoms with Crippen molar-refractivity contribution in [2.45, 2.75) is 13.5 Å². The van der Waals surface area contributed by atoms with Crippen LogP contribution < -0.4 is 5.32 Å². The number of hydrogen-bond donors (Lipinski definition) is 1. The number of nitro groups is 1. The molecule has 26 heavy (non-hydrogen) atoms. The Kier molecular flexibility index (Phi) is 7.04. The van der Waals surface area contributed by atoms with Gasteiger partial charge in [0, 0.05) is 29.6 Å². The molecule has 0 radical (unpaired) electrons. The molecule has 1 aromatic heterocycles. The maximum atomic E-state index is 12.2. The second-order valence-corrected chi connectivity index (χ2v) is 6.42. The van der Waals surface area contributed by atoms with Crippen LogP contribution in [0.2, 0.25) is 0 Å². The molecule has 0 aliphatic rings. The summed E-state index contributed by atoms with van der Waals surface area (Å²) in [7, 11) is 0. The van der Waals surface area contributed by atoms with Crippen LogP contribution >= 0.6 is 11.3 Å². The van der Waals surface area contributed by atoms with Gasteiger partial charge in [0.2, 0.25) is 11.8 Å². The zero-order chi connectivity index (χ0) is 18.9. The number of hydrogen-bond acceptors (Lipinski definition) is 5. The molecule has 0 bridgehead atoms. The highest BCUT2D eigenvalue weighted by atomic mass is 32.1. The van der Waals surface area contributed by atoms with Crippen molar-refractivity contribution in [3.8, 4) is 0 Å². The number of carbonyl (C=O) groups is 2. The average molecular weight is 373 g/mol. The van der Waals surface area contributed by atoms with Crippen molar-refractivity contribution >= 4 is 34.9 Å². The summed E-state index contributed by atoms with van der Waals surface area (Å²) in [5.74, 6) is -0.519. The summed E-state index contributed by atoms with van der Waals surface area (Å²) in [6.45, 7) is 2.62. The second-order valence-electron chi connectivity index (χ2n) is 5.39. The van der Waals surface area contributed by atoms with Crippen LogP contribution in [0.5, 0.6) is 0 Å². The van der Waals surface area contributed by atoms with Crippen molar-refractivity contribution < 1.29 is 14.5 Å². The SMILES string of the molecule is CCN(CC(=O)NCc1cccs1)C(=O)C=Cc1ccc([N+](=O)[O-])cc1. The summed E-state index contributed by atoms with van der Waals surface area (Å²) in [6, 6.07) is 9.72. The fraction of sp³-hybridized carbons (Fsp3) is 0.222. The number of rotatable bonds is 8. The Bertz CT molecular complexity index is 785. The minimum atomic E-state index is -0.480. The number of thiophene rings is 1. The van der Waals surface area contributed by atoms with Crippen molar-refractivity contribution in [1.29, 1.82) is 0 Å². The lowest BCUT2D eigenvalue weighted by Gasteiger charge is -2.18. The Morgan fingerprint density at radius 1 is 1.27 bits per heavy atom. The quantitative estimate of drug-likeness (QED) is 0.437. The first kappa shape index (κ1) is 19.3. The lowest BCUT2D eigenvalue weighted by molar-refractivity contribution is -0.384. The normalized spacial score (nSPS) is 10.7. The van der Waals surface area contributed by atoms with Gasteiger partial charge in [-0.3, -0.25) is 19.7 Å². The Morgan fingerprint density at radius 2 is 2.00 bits per heavy atom. The number of benzene rings is 1. The number of non-ortho nitro benzene ring substituents is 1. The first-order valence-corrected chi connectivity index (χ1v) is 8.88. The van der Waals surface area contributed by atoms with Crippen LogP contribution in [0.3, 0.4) is 0 Å². The zero-order valence-corrected chi connectivity index (χ0v) is 15.1. The Morgan fingerprint density at radius 3 is 2.58 bits per heavy atom. The molecule has 0 spiro atoms. The molecule has 8 heteroatoms. The Labute approximate surface area is 155 Å².